The van der Waals surface area contributed by atoms with Crippen LogP contribution in [0.1, 0.15) is 31.9 Å². The summed E-state index contributed by atoms with van der Waals surface area (Å²) >= 11 is 7.02. The van der Waals surface area contributed by atoms with Crippen LogP contribution in [0.25, 0.3) is 0 Å². The highest BCUT2D eigenvalue weighted by Gasteiger charge is 2.32. The normalized spacial score (nSPS) is 24.9. The third kappa shape index (κ3) is 2.66. The molecule has 0 aliphatic carbocycles. The molecule has 0 saturated carbocycles. The molecule has 0 radical (unpaired) electrons. The lowest BCUT2D eigenvalue weighted by Gasteiger charge is -2.28. The molecule has 0 aromatic carbocycles. The molecule has 0 amide bonds. The predicted molar refractivity (Wildman–Crippen MR) is 73.6 cm³/mol. The lowest BCUT2D eigenvalue weighted by atomic mass is 9.89. The second kappa shape index (κ2) is 5.15. The van der Waals surface area contributed by atoms with Crippen LogP contribution in [-0.4, -0.2) is 17.1 Å². The van der Waals surface area contributed by atoms with Crippen molar-refractivity contribution >= 4 is 31.9 Å². The Morgan fingerprint density at radius 1 is 1.50 bits per heavy atom. The van der Waals surface area contributed by atoms with Crippen LogP contribution in [0.15, 0.2) is 21.2 Å². The zero-order valence-electron chi connectivity index (χ0n) is 9.39. The van der Waals surface area contributed by atoms with E-state index in [-0.39, 0.29) is 5.54 Å². The molecule has 1 atom stereocenters. The summed E-state index contributed by atoms with van der Waals surface area (Å²) in [6, 6.07) is 2.07. The van der Waals surface area contributed by atoms with Gasteiger partial charge in [0.15, 0.2) is 0 Å². The highest BCUT2D eigenvalue weighted by Crippen LogP contribution is 2.30. The Morgan fingerprint density at radius 3 is 2.88 bits per heavy atom. The van der Waals surface area contributed by atoms with Gasteiger partial charge in [-0.2, -0.15) is 0 Å². The summed E-state index contributed by atoms with van der Waals surface area (Å²) in [6.07, 6.45) is 6.59. The van der Waals surface area contributed by atoms with Crippen LogP contribution in [0.2, 0.25) is 0 Å². The average Bonchev–Trinajstić information content (AvgIpc) is 2.72. The van der Waals surface area contributed by atoms with Crippen molar-refractivity contribution in [3.63, 3.8) is 0 Å². The summed E-state index contributed by atoms with van der Waals surface area (Å²) in [5.41, 5.74) is 1.42. The Hall–Kier alpha value is 0.0700. The molecular weight excluding hydrogens is 332 g/mol. The zero-order valence-corrected chi connectivity index (χ0v) is 12.6. The number of halogens is 2. The number of rotatable bonds is 3. The average molecular weight is 348 g/mol. The fourth-order valence-corrected chi connectivity index (χ4v) is 3.47. The number of hydrogen-bond acceptors (Lipinski definition) is 2. The van der Waals surface area contributed by atoms with Crippen LogP contribution < -0.4 is 5.32 Å². The van der Waals surface area contributed by atoms with Crippen molar-refractivity contribution in [2.75, 3.05) is 6.54 Å². The second-order valence-corrected chi connectivity index (χ2v) is 6.19. The lowest BCUT2D eigenvalue weighted by molar-refractivity contribution is 0.356. The number of aromatic nitrogens is 1. The summed E-state index contributed by atoms with van der Waals surface area (Å²) in [7, 11) is 0. The van der Waals surface area contributed by atoms with Gasteiger partial charge in [0.2, 0.25) is 0 Å². The maximum absolute atomic E-state index is 4.50. The molecule has 88 valence electrons. The molecule has 2 rings (SSSR count). The van der Waals surface area contributed by atoms with Crippen molar-refractivity contribution < 1.29 is 0 Å². The van der Waals surface area contributed by atoms with Crippen molar-refractivity contribution in [3.05, 3.63) is 26.9 Å². The molecule has 1 unspecified atom stereocenters. The van der Waals surface area contributed by atoms with Crippen LogP contribution in [0, 0.1) is 0 Å². The van der Waals surface area contributed by atoms with E-state index in [2.05, 4.69) is 55.2 Å². The molecule has 1 aromatic rings. The Bertz CT molecular complexity index is 373. The minimum absolute atomic E-state index is 0.267. The second-order valence-electron chi connectivity index (χ2n) is 4.42. The van der Waals surface area contributed by atoms with E-state index in [1.807, 2.05) is 6.20 Å². The van der Waals surface area contributed by atoms with Gasteiger partial charge in [0.05, 0.1) is 5.69 Å². The van der Waals surface area contributed by atoms with E-state index in [0.29, 0.717) is 0 Å². The van der Waals surface area contributed by atoms with Gasteiger partial charge in [0.25, 0.3) is 0 Å². The highest BCUT2D eigenvalue weighted by atomic mass is 79.9. The smallest absolute Gasteiger partial charge is 0.0564 e. The Morgan fingerprint density at radius 2 is 2.31 bits per heavy atom. The van der Waals surface area contributed by atoms with Crippen LogP contribution in [0.3, 0.4) is 0 Å². The van der Waals surface area contributed by atoms with Gasteiger partial charge in [-0.3, -0.25) is 4.98 Å². The molecule has 1 aromatic heterocycles. The predicted octanol–water partition coefficient (Wildman–Crippen LogP) is 3.68. The van der Waals surface area contributed by atoms with Gasteiger partial charge in [-0.25, -0.2) is 0 Å². The van der Waals surface area contributed by atoms with E-state index in [1.54, 1.807) is 0 Å². The number of pyridine rings is 1. The van der Waals surface area contributed by atoms with Crippen molar-refractivity contribution in [2.45, 2.75) is 38.1 Å². The molecule has 2 nitrogen and oxygen atoms in total. The molecule has 16 heavy (non-hydrogen) atoms. The van der Waals surface area contributed by atoms with E-state index >= 15 is 0 Å². The molecule has 0 bridgehead atoms. The van der Waals surface area contributed by atoms with Gasteiger partial charge in [0, 0.05) is 27.1 Å². The Kier molecular flexibility index (Phi) is 4.03. The SMILES string of the molecule is CCC1(Cc2ncc(Br)cc2Br)CCCN1. The number of nitrogens with zero attached hydrogens (tertiary/aromatic N) is 1. The zero-order chi connectivity index (χ0) is 11.6. The van der Waals surface area contributed by atoms with Gasteiger partial charge in [-0.1, -0.05) is 6.92 Å². The third-order valence-corrected chi connectivity index (χ3v) is 4.52. The van der Waals surface area contributed by atoms with E-state index in [0.717, 1.165) is 34.0 Å². The molecule has 1 aliphatic rings. The van der Waals surface area contributed by atoms with E-state index < -0.39 is 0 Å². The molecule has 1 N–H and O–H groups in total. The largest absolute Gasteiger partial charge is 0.311 e. The first-order valence-electron chi connectivity index (χ1n) is 5.70. The minimum Gasteiger partial charge on any atom is -0.311 e. The molecule has 1 aliphatic heterocycles. The standard InChI is InChI=1S/C12H16Br2N2/c1-2-12(4-3-5-16-12)7-11-10(14)6-9(13)8-15-11/h6,8,16H,2-5,7H2,1H3. The van der Waals surface area contributed by atoms with Gasteiger partial charge < -0.3 is 5.32 Å². The highest BCUT2D eigenvalue weighted by molar-refractivity contribution is 9.11. The molecule has 1 saturated heterocycles. The minimum atomic E-state index is 0.267. The van der Waals surface area contributed by atoms with Crippen molar-refractivity contribution in [1.82, 2.24) is 10.3 Å². The Balaban J connectivity index is 2.19. The number of hydrogen-bond donors (Lipinski definition) is 1. The third-order valence-electron chi connectivity index (χ3n) is 3.40. The monoisotopic (exact) mass is 346 g/mol. The molecule has 4 heteroatoms. The molecule has 2 heterocycles. The molecule has 1 fully saturated rings. The first kappa shape index (κ1) is 12.5. The maximum atomic E-state index is 4.50. The first-order valence-corrected chi connectivity index (χ1v) is 7.29. The number of nitrogens with one attached hydrogen (secondary N) is 1. The maximum Gasteiger partial charge on any atom is 0.0564 e. The van der Waals surface area contributed by atoms with Crippen molar-refractivity contribution in [1.29, 1.82) is 0 Å². The van der Waals surface area contributed by atoms with Crippen LogP contribution >= 0.6 is 31.9 Å². The first-order chi connectivity index (χ1) is 7.65. The summed E-state index contributed by atoms with van der Waals surface area (Å²) in [5, 5.41) is 3.64. The van der Waals surface area contributed by atoms with E-state index in [1.165, 1.54) is 12.8 Å². The van der Waals surface area contributed by atoms with Gasteiger partial charge >= 0.3 is 0 Å². The molecule has 0 spiro atoms. The summed E-state index contributed by atoms with van der Waals surface area (Å²) in [6.45, 7) is 3.40. The molecular formula is C12H16Br2N2. The summed E-state index contributed by atoms with van der Waals surface area (Å²) in [5.74, 6) is 0. The van der Waals surface area contributed by atoms with Crippen molar-refractivity contribution in [3.8, 4) is 0 Å². The van der Waals surface area contributed by atoms with Gasteiger partial charge in [-0.15, -0.1) is 0 Å². The topological polar surface area (TPSA) is 24.9 Å². The Labute approximate surface area is 113 Å². The van der Waals surface area contributed by atoms with Crippen LogP contribution in [-0.2, 0) is 6.42 Å². The summed E-state index contributed by atoms with van der Waals surface area (Å²) < 4.78 is 2.12. The van der Waals surface area contributed by atoms with Gasteiger partial charge in [-0.05, 0) is 63.7 Å². The van der Waals surface area contributed by atoms with E-state index in [4.69, 9.17) is 0 Å². The quantitative estimate of drug-likeness (QED) is 0.902. The van der Waals surface area contributed by atoms with Crippen LogP contribution in [0.4, 0.5) is 0 Å². The fraction of sp³-hybridized carbons (Fsp3) is 0.583. The fourth-order valence-electron chi connectivity index (χ4n) is 2.34. The van der Waals surface area contributed by atoms with Crippen molar-refractivity contribution in [2.24, 2.45) is 0 Å². The van der Waals surface area contributed by atoms with Crippen LogP contribution in [0.5, 0.6) is 0 Å². The van der Waals surface area contributed by atoms with Gasteiger partial charge in [0.1, 0.15) is 0 Å². The summed E-state index contributed by atoms with van der Waals surface area (Å²) in [4.78, 5) is 4.50. The lowest BCUT2D eigenvalue weighted by Crippen LogP contribution is -2.41. The van der Waals surface area contributed by atoms with E-state index in [9.17, 15) is 0 Å².